The van der Waals surface area contributed by atoms with Crippen LogP contribution in [0.25, 0.3) is 10.4 Å². The van der Waals surface area contributed by atoms with Crippen LogP contribution >= 0.6 is 22.6 Å². The van der Waals surface area contributed by atoms with Crippen molar-refractivity contribution in [1.29, 1.82) is 0 Å². The molecule has 52 valence electrons. The Kier molecular flexibility index (Phi) is 3.97. The summed E-state index contributed by atoms with van der Waals surface area (Å²) in [5.74, 6) is 0. The Morgan fingerprint density at radius 3 is 2.67 bits per heavy atom. The highest BCUT2D eigenvalue weighted by Gasteiger charge is 2.15. The van der Waals surface area contributed by atoms with E-state index in [0.29, 0.717) is 0 Å². The molecule has 3 nitrogen and oxygen atoms in total. The quantitative estimate of drug-likeness (QED) is 0.181. The van der Waals surface area contributed by atoms with Crippen LogP contribution in [-0.4, -0.2) is 3.55 Å². The smallest absolute Gasteiger partial charge is 0.0771 e. The van der Waals surface area contributed by atoms with Crippen molar-refractivity contribution in [2.24, 2.45) is 5.11 Å². The number of hydrogen-bond acceptors (Lipinski definition) is 1. The van der Waals surface area contributed by atoms with Gasteiger partial charge in [-0.15, -0.1) is 0 Å². The molecular weight excluding hydrogens is 229 g/mol. The van der Waals surface area contributed by atoms with Crippen LogP contribution < -0.4 is 0 Å². The van der Waals surface area contributed by atoms with Crippen LogP contribution in [0, 0.1) is 0 Å². The topological polar surface area (TPSA) is 48.8 Å². The molecule has 0 aliphatic heterocycles. The summed E-state index contributed by atoms with van der Waals surface area (Å²) in [5, 5.41) is 3.61. The second kappa shape index (κ2) is 3.95. The first-order chi connectivity index (χ1) is 4.12. The minimum Gasteiger partial charge on any atom is -0.0771 e. The van der Waals surface area contributed by atoms with Crippen molar-refractivity contribution in [3.8, 4) is 0 Å². The van der Waals surface area contributed by atoms with Gasteiger partial charge in [-0.3, -0.25) is 0 Å². The predicted octanol–water partition coefficient (Wildman–Crippen LogP) is 3.25. The van der Waals surface area contributed by atoms with E-state index < -0.39 is 0 Å². The van der Waals surface area contributed by atoms with E-state index in [1.54, 1.807) is 0 Å². The number of nitrogens with zero attached hydrogens (tertiary/aromatic N) is 3. The molecule has 4 heteroatoms. The molecule has 1 atom stereocenters. The van der Waals surface area contributed by atoms with Crippen LogP contribution in [0.2, 0.25) is 0 Å². The molecule has 0 aromatic heterocycles. The van der Waals surface area contributed by atoms with Crippen LogP contribution in [0.1, 0.15) is 26.7 Å². The van der Waals surface area contributed by atoms with Crippen LogP contribution in [0.4, 0.5) is 0 Å². The molecule has 0 radical (unpaired) electrons. The fourth-order valence-electron chi connectivity index (χ4n) is 0.600. The highest BCUT2D eigenvalue weighted by Crippen LogP contribution is 2.25. The van der Waals surface area contributed by atoms with Crippen molar-refractivity contribution in [3.05, 3.63) is 10.4 Å². The average molecular weight is 239 g/mol. The van der Waals surface area contributed by atoms with Gasteiger partial charge in [0.1, 0.15) is 0 Å². The molecule has 0 aliphatic carbocycles. The summed E-state index contributed by atoms with van der Waals surface area (Å²) in [5.41, 5.74) is 8.08. The molecule has 0 aromatic rings. The van der Waals surface area contributed by atoms with Crippen LogP contribution in [0.3, 0.4) is 0 Å². The van der Waals surface area contributed by atoms with Gasteiger partial charge >= 0.3 is 0 Å². The fourth-order valence-corrected chi connectivity index (χ4v) is 1.24. The lowest BCUT2D eigenvalue weighted by atomic mass is 10.2. The Hall–Kier alpha value is 0.0400. The Morgan fingerprint density at radius 1 is 1.78 bits per heavy atom. The third-order valence-electron chi connectivity index (χ3n) is 0.960. The van der Waals surface area contributed by atoms with E-state index in [9.17, 15) is 0 Å². The zero-order valence-electron chi connectivity index (χ0n) is 5.63. The van der Waals surface area contributed by atoms with E-state index >= 15 is 0 Å². The second-order valence-corrected chi connectivity index (χ2v) is 4.41. The monoisotopic (exact) mass is 239 g/mol. The Morgan fingerprint density at radius 2 is 2.33 bits per heavy atom. The summed E-state index contributed by atoms with van der Waals surface area (Å²) in [7, 11) is 0. The van der Waals surface area contributed by atoms with Gasteiger partial charge in [0.25, 0.3) is 0 Å². The molecule has 0 spiro atoms. The van der Waals surface area contributed by atoms with Gasteiger partial charge in [0.15, 0.2) is 0 Å². The van der Waals surface area contributed by atoms with Gasteiger partial charge in [-0.1, -0.05) is 41.0 Å². The molecule has 0 saturated heterocycles. The third kappa shape index (κ3) is 4.54. The highest BCUT2D eigenvalue weighted by molar-refractivity contribution is 14.1. The van der Waals surface area contributed by atoms with Gasteiger partial charge in [-0.2, -0.15) is 0 Å². The minimum atomic E-state index is -0.221. The van der Waals surface area contributed by atoms with E-state index in [4.69, 9.17) is 5.53 Å². The van der Waals surface area contributed by atoms with Gasteiger partial charge in [0.2, 0.25) is 0 Å². The molecule has 0 aromatic carbocycles. The molecule has 0 N–H and O–H groups in total. The maximum atomic E-state index is 8.08. The SMILES string of the molecule is CCCC(C)(I)N=[N+]=[N-]. The highest BCUT2D eigenvalue weighted by atomic mass is 127. The summed E-state index contributed by atoms with van der Waals surface area (Å²) < 4.78 is -0.221. The van der Waals surface area contributed by atoms with Crippen molar-refractivity contribution >= 4 is 22.6 Å². The number of halogens is 1. The Balaban J connectivity index is 3.85. The van der Waals surface area contributed by atoms with Crippen molar-refractivity contribution in [1.82, 2.24) is 0 Å². The summed E-state index contributed by atoms with van der Waals surface area (Å²) in [6.45, 7) is 4.00. The van der Waals surface area contributed by atoms with Crippen molar-refractivity contribution in [3.63, 3.8) is 0 Å². The normalized spacial score (nSPS) is 15.9. The first-order valence-corrected chi connectivity index (χ1v) is 3.95. The third-order valence-corrected chi connectivity index (χ3v) is 1.71. The summed E-state index contributed by atoms with van der Waals surface area (Å²) in [6, 6.07) is 0. The lowest BCUT2D eigenvalue weighted by molar-refractivity contribution is 0.625. The number of rotatable bonds is 3. The lowest BCUT2D eigenvalue weighted by Gasteiger charge is -2.12. The van der Waals surface area contributed by atoms with Crippen molar-refractivity contribution in [2.45, 2.75) is 30.2 Å². The predicted molar refractivity (Wildman–Crippen MR) is 46.5 cm³/mol. The molecule has 0 amide bonds. The van der Waals surface area contributed by atoms with Crippen molar-refractivity contribution < 1.29 is 0 Å². The van der Waals surface area contributed by atoms with Gasteiger partial charge in [-0.05, 0) is 18.9 Å². The van der Waals surface area contributed by atoms with Gasteiger partial charge in [0.05, 0.1) is 3.55 Å². The number of hydrogen-bond donors (Lipinski definition) is 0. The zero-order chi connectivity index (χ0) is 7.33. The van der Waals surface area contributed by atoms with E-state index in [1.165, 1.54) is 0 Å². The average Bonchev–Trinajstić information content (AvgIpc) is 1.64. The van der Waals surface area contributed by atoms with E-state index in [2.05, 4.69) is 39.5 Å². The minimum absolute atomic E-state index is 0.221. The van der Waals surface area contributed by atoms with Gasteiger partial charge < -0.3 is 0 Å². The molecule has 0 fully saturated rings. The van der Waals surface area contributed by atoms with Gasteiger partial charge in [-0.25, -0.2) is 0 Å². The van der Waals surface area contributed by atoms with E-state index in [0.717, 1.165) is 12.8 Å². The lowest BCUT2D eigenvalue weighted by Crippen LogP contribution is -2.08. The fraction of sp³-hybridized carbons (Fsp3) is 1.00. The summed E-state index contributed by atoms with van der Waals surface area (Å²) in [6.07, 6.45) is 2.00. The molecule has 0 rings (SSSR count). The first-order valence-electron chi connectivity index (χ1n) is 2.87. The van der Waals surface area contributed by atoms with Gasteiger partial charge in [0, 0.05) is 4.91 Å². The van der Waals surface area contributed by atoms with E-state index in [1.807, 2.05) is 6.92 Å². The number of alkyl halides is 1. The molecule has 0 saturated carbocycles. The van der Waals surface area contributed by atoms with Crippen molar-refractivity contribution in [2.75, 3.05) is 0 Å². The van der Waals surface area contributed by atoms with Crippen LogP contribution in [-0.2, 0) is 0 Å². The molecular formula is C5H10IN3. The first kappa shape index (κ1) is 9.04. The number of azide groups is 1. The molecule has 0 bridgehead atoms. The second-order valence-electron chi connectivity index (χ2n) is 2.08. The molecule has 9 heavy (non-hydrogen) atoms. The standard InChI is InChI=1S/C5H10IN3/c1-3-4-5(2,6)8-9-7/h3-4H2,1-2H3. The van der Waals surface area contributed by atoms with Crippen LogP contribution in [0.15, 0.2) is 5.11 Å². The zero-order valence-corrected chi connectivity index (χ0v) is 7.79. The van der Waals surface area contributed by atoms with Crippen LogP contribution in [0.5, 0.6) is 0 Å². The molecule has 1 unspecified atom stereocenters. The largest absolute Gasteiger partial charge is 0.0977 e. The molecule has 0 heterocycles. The maximum Gasteiger partial charge on any atom is 0.0977 e. The molecule has 0 aliphatic rings. The Labute approximate surface area is 68.6 Å². The summed E-state index contributed by atoms with van der Waals surface area (Å²) in [4.78, 5) is 2.74. The maximum absolute atomic E-state index is 8.08. The van der Waals surface area contributed by atoms with E-state index in [-0.39, 0.29) is 3.55 Å². The Bertz CT molecular complexity index is 126. The summed E-state index contributed by atoms with van der Waals surface area (Å²) >= 11 is 2.16.